The smallest absolute Gasteiger partial charge is 0.0811 e. The highest BCUT2D eigenvalue weighted by Gasteiger charge is 2.18. The normalized spacial score (nSPS) is 21.2. The molecule has 0 saturated carbocycles. The van der Waals surface area contributed by atoms with Crippen molar-refractivity contribution >= 4 is 0 Å². The molecule has 0 aromatic heterocycles. The van der Waals surface area contributed by atoms with Crippen molar-refractivity contribution in [1.29, 1.82) is 0 Å². The molecule has 13 heavy (non-hydrogen) atoms. The van der Waals surface area contributed by atoms with E-state index in [1.54, 1.807) is 0 Å². The molecule has 0 atom stereocenters. The maximum absolute atomic E-state index is 5.14. The van der Waals surface area contributed by atoms with E-state index >= 15 is 0 Å². The van der Waals surface area contributed by atoms with Crippen LogP contribution >= 0.6 is 0 Å². The predicted molar refractivity (Wildman–Crippen MR) is 53.3 cm³/mol. The molecular weight excluding hydrogens is 166 g/mol. The number of piperidine rings is 1. The molecule has 0 aromatic rings. The highest BCUT2D eigenvalue weighted by atomic mass is 16.6. The monoisotopic (exact) mass is 187 g/mol. The Bertz CT molecular complexity index is 133. The van der Waals surface area contributed by atoms with Crippen molar-refractivity contribution in [3.8, 4) is 0 Å². The minimum atomic E-state index is 0.288. The molecule has 0 unspecified atom stereocenters. The predicted octanol–water partition coefficient (Wildman–Crippen LogP) is -0.0973. The lowest BCUT2D eigenvalue weighted by Crippen LogP contribution is -2.40. The average molecular weight is 187 g/mol. The first-order valence-electron chi connectivity index (χ1n) is 4.95. The summed E-state index contributed by atoms with van der Waals surface area (Å²) in [6.07, 6.45) is 2.43. The summed E-state index contributed by atoms with van der Waals surface area (Å²) in [5.74, 6) is 5.14. The van der Waals surface area contributed by atoms with Crippen molar-refractivity contribution in [2.45, 2.75) is 18.9 Å². The number of rotatable bonds is 4. The summed E-state index contributed by atoms with van der Waals surface area (Å²) < 4.78 is 0. The zero-order valence-electron chi connectivity index (χ0n) is 8.70. The highest BCUT2D eigenvalue weighted by molar-refractivity contribution is 4.72. The van der Waals surface area contributed by atoms with Crippen molar-refractivity contribution in [1.82, 2.24) is 9.80 Å². The first-order valence-corrected chi connectivity index (χ1v) is 4.95. The first-order chi connectivity index (χ1) is 6.22. The number of nitrogens with zero attached hydrogens (tertiary/aromatic N) is 2. The van der Waals surface area contributed by atoms with Gasteiger partial charge in [-0.05, 0) is 26.9 Å². The maximum atomic E-state index is 5.14. The molecule has 1 aliphatic heterocycles. The number of hydrogen-bond donors (Lipinski definition) is 1. The number of likely N-dealkylation sites (N-methyl/N-ethyl adjacent to an activating group) is 1. The molecule has 2 N–H and O–H groups in total. The van der Waals surface area contributed by atoms with Crippen LogP contribution in [0.4, 0.5) is 0 Å². The first kappa shape index (κ1) is 10.9. The van der Waals surface area contributed by atoms with E-state index in [1.807, 2.05) is 0 Å². The van der Waals surface area contributed by atoms with E-state index in [-0.39, 0.29) is 6.10 Å². The average Bonchev–Trinajstić information content (AvgIpc) is 2.15. The third-order valence-electron chi connectivity index (χ3n) is 2.59. The Labute approximate surface area is 80.6 Å². The highest BCUT2D eigenvalue weighted by Crippen LogP contribution is 2.11. The standard InChI is InChI=1S/C9H21N3O/c1-11(2)7-8-12-5-3-9(13-10)4-6-12/h9H,3-8,10H2,1-2H3. The molecule has 4 nitrogen and oxygen atoms in total. The van der Waals surface area contributed by atoms with Gasteiger partial charge in [-0.2, -0.15) is 0 Å². The van der Waals surface area contributed by atoms with Crippen molar-refractivity contribution in [2.75, 3.05) is 40.3 Å². The van der Waals surface area contributed by atoms with Crippen LogP contribution in [-0.2, 0) is 4.84 Å². The fourth-order valence-electron chi connectivity index (χ4n) is 1.61. The zero-order valence-corrected chi connectivity index (χ0v) is 8.70. The largest absolute Gasteiger partial charge is 0.308 e. The van der Waals surface area contributed by atoms with Crippen molar-refractivity contribution in [3.63, 3.8) is 0 Å². The van der Waals surface area contributed by atoms with Gasteiger partial charge < -0.3 is 14.6 Å². The van der Waals surface area contributed by atoms with Crippen LogP contribution in [0.3, 0.4) is 0 Å². The maximum Gasteiger partial charge on any atom is 0.0811 e. The van der Waals surface area contributed by atoms with Gasteiger partial charge in [0.1, 0.15) is 0 Å². The van der Waals surface area contributed by atoms with Gasteiger partial charge >= 0.3 is 0 Å². The molecule has 0 radical (unpaired) electrons. The van der Waals surface area contributed by atoms with E-state index in [4.69, 9.17) is 10.7 Å². The van der Waals surface area contributed by atoms with Crippen LogP contribution in [-0.4, -0.2) is 56.2 Å². The summed E-state index contributed by atoms with van der Waals surface area (Å²) >= 11 is 0. The topological polar surface area (TPSA) is 41.7 Å². The van der Waals surface area contributed by atoms with E-state index in [0.717, 1.165) is 39.0 Å². The lowest BCUT2D eigenvalue weighted by Gasteiger charge is -2.31. The van der Waals surface area contributed by atoms with Crippen LogP contribution < -0.4 is 5.90 Å². The van der Waals surface area contributed by atoms with Gasteiger partial charge in [0.25, 0.3) is 0 Å². The molecule has 1 heterocycles. The molecule has 1 saturated heterocycles. The molecule has 1 aliphatic rings. The van der Waals surface area contributed by atoms with Crippen molar-refractivity contribution in [3.05, 3.63) is 0 Å². The van der Waals surface area contributed by atoms with Crippen LogP contribution in [0, 0.1) is 0 Å². The van der Waals surface area contributed by atoms with Gasteiger partial charge in [0.2, 0.25) is 0 Å². The van der Waals surface area contributed by atoms with Crippen LogP contribution in [0.2, 0.25) is 0 Å². The van der Waals surface area contributed by atoms with E-state index in [1.165, 1.54) is 0 Å². The van der Waals surface area contributed by atoms with Crippen molar-refractivity contribution in [2.24, 2.45) is 5.90 Å². The molecule has 0 amide bonds. The lowest BCUT2D eigenvalue weighted by atomic mass is 10.1. The molecule has 4 heteroatoms. The van der Waals surface area contributed by atoms with E-state index in [9.17, 15) is 0 Å². The summed E-state index contributed by atoms with van der Waals surface area (Å²) in [7, 11) is 4.21. The fourth-order valence-corrected chi connectivity index (χ4v) is 1.61. The molecular formula is C9H21N3O. The number of nitrogens with two attached hydrogens (primary N) is 1. The molecule has 1 rings (SSSR count). The minimum absolute atomic E-state index is 0.288. The third kappa shape index (κ3) is 4.04. The molecule has 78 valence electrons. The number of likely N-dealkylation sites (tertiary alicyclic amines) is 1. The van der Waals surface area contributed by atoms with E-state index in [2.05, 4.69) is 23.9 Å². The van der Waals surface area contributed by atoms with Crippen LogP contribution in [0.25, 0.3) is 0 Å². The Kier molecular flexibility index (Phi) is 4.66. The second-order valence-electron chi connectivity index (χ2n) is 3.98. The van der Waals surface area contributed by atoms with Crippen LogP contribution in [0.5, 0.6) is 0 Å². The fraction of sp³-hybridized carbons (Fsp3) is 1.00. The van der Waals surface area contributed by atoms with Gasteiger partial charge in [-0.25, -0.2) is 5.90 Å². The minimum Gasteiger partial charge on any atom is -0.308 e. The van der Waals surface area contributed by atoms with Crippen LogP contribution in [0.1, 0.15) is 12.8 Å². The second kappa shape index (κ2) is 5.54. The Hall–Kier alpha value is -0.160. The Morgan fingerprint density at radius 2 is 2.00 bits per heavy atom. The summed E-state index contributed by atoms with van der Waals surface area (Å²) in [6, 6.07) is 0. The Morgan fingerprint density at radius 1 is 1.38 bits per heavy atom. The summed E-state index contributed by atoms with van der Waals surface area (Å²) in [6.45, 7) is 4.53. The Balaban J connectivity index is 2.10. The van der Waals surface area contributed by atoms with Gasteiger partial charge in [0.15, 0.2) is 0 Å². The van der Waals surface area contributed by atoms with Gasteiger partial charge in [-0.1, -0.05) is 0 Å². The molecule has 1 fully saturated rings. The van der Waals surface area contributed by atoms with Gasteiger partial charge in [-0.3, -0.25) is 0 Å². The van der Waals surface area contributed by atoms with Crippen molar-refractivity contribution < 1.29 is 4.84 Å². The molecule has 0 aliphatic carbocycles. The molecule has 0 spiro atoms. The summed E-state index contributed by atoms with van der Waals surface area (Å²) in [5, 5.41) is 0. The lowest BCUT2D eigenvalue weighted by molar-refractivity contribution is 0.00572. The third-order valence-corrected chi connectivity index (χ3v) is 2.59. The van der Waals surface area contributed by atoms with Crippen LogP contribution in [0.15, 0.2) is 0 Å². The van der Waals surface area contributed by atoms with Gasteiger partial charge in [-0.15, -0.1) is 0 Å². The molecule has 0 aromatic carbocycles. The zero-order chi connectivity index (χ0) is 9.68. The Morgan fingerprint density at radius 3 is 2.46 bits per heavy atom. The molecule has 0 bridgehead atoms. The number of hydrogen-bond acceptors (Lipinski definition) is 4. The quantitative estimate of drug-likeness (QED) is 0.624. The van der Waals surface area contributed by atoms with E-state index in [0.29, 0.717) is 0 Å². The SMILES string of the molecule is CN(C)CCN1CCC(ON)CC1. The summed E-state index contributed by atoms with van der Waals surface area (Å²) in [4.78, 5) is 9.51. The van der Waals surface area contributed by atoms with Gasteiger partial charge in [0.05, 0.1) is 6.10 Å². The van der Waals surface area contributed by atoms with E-state index < -0.39 is 0 Å². The summed E-state index contributed by atoms with van der Waals surface area (Å²) in [5.41, 5.74) is 0. The van der Waals surface area contributed by atoms with Gasteiger partial charge in [0, 0.05) is 26.2 Å². The second-order valence-corrected chi connectivity index (χ2v) is 3.98.